The molecule has 0 saturated carbocycles. The van der Waals surface area contributed by atoms with Gasteiger partial charge in [-0.1, -0.05) is 198 Å². The van der Waals surface area contributed by atoms with Gasteiger partial charge in [0.1, 0.15) is 6.10 Å². The molecule has 3 atom stereocenters. The molecule has 6 nitrogen and oxygen atoms in total. The van der Waals surface area contributed by atoms with Crippen LogP contribution < -0.4 is 5.32 Å². The van der Waals surface area contributed by atoms with E-state index in [0.717, 1.165) is 83.5 Å². The van der Waals surface area contributed by atoms with Gasteiger partial charge in [0.2, 0.25) is 5.91 Å². The van der Waals surface area contributed by atoms with Crippen LogP contribution in [0.15, 0.2) is 36.5 Å². The lowest BCUT2D eigenvalue weighted by molar-refractivity contribution is -0.151. The first-order chi connectivity index (χ1) is 27.0. The summed E-state index contributed by atoms with van der Waals surface area (Å²) >= 11 is 0. The Labute approximate surface area is 341 Å². The van der Waals surface area contributed by atoms with Crippen LogP contribution in [0.3, 0.4) is 0 Å². The number of amides is 1. The van der Waals surface area contributed by atoms with Crippen LogP contribution in [-0.4, -0.2) is 46.9 Å². The molecule has 3 N–H and O–H groups in total. The van der Waals surface area contributed by atoms with E-state index in [4.69, 9.17) is 4.74 Å². The number of ether oxygens (including phenoxy) is 1. The second kappa shape index (κ2) is 43.2. The molecule has 6 heteroatoms. The first-order valence-electron chi connectivity index (χ1n) is 23.7. The highest BCUT2D eigenvalue weighted by molar-refractivity contribution is 5.77. The van der Waals surface area contributed by atoms with Crippen molar-refractivity contribution in [3.8, 4) is 0 Å². The number of esters is 1. The smallest absolute Gasteiger partial charge is 0.306 e. The highest BCUT2D eigenvalue weighted by Crippen LogP contribution is 2.17. The Morgan fingerprint density at radius 3 is 1.44 bits per heavy atom. The summed E-state index contributed by atoms with van der Waals surface area (Å²) in [6.45, 7) is 6.41. The number of hydrogen-bond donors (Lipinski definition) is 3. The van der Waals surface area contributed by atoms with Crippen LogP contribution in [-0.2, 0) is 14.3 Å². The van der Waals surface area contributed by atoms with Crippen molar-refractivity contribution in [1.29, 1.82) is 0 Å². The minimum Gasteiger partial charge on any atom is -0.462 e. The zero-order chi connectivity index (χ0) is 40.3. The number of aliphatic hydroxyl groups is 2. The van der Waals surface area contributed by atoms with Gasteiger partial charge < -0.3 is 20.3 Å². The number of unbranched alkanes of at least 4 members (excludes halogenated alkanes) is 24. The van der Waals surface area contributed by atoms with Gasteiger partial charge in [-0.25, -0.2) is 0 Å². The Bertz CT molecular complexity index is 915. The molecule has 0 fully saturated rings. The monoisotopic (exact) mass is 774 g/mol. The van der Waals surface area contributed by atoms with Crippen LogP contribution in [0.1, 0.15) is 239 Å². The Kier molecular flexibility index (Phi) is 41.7. The van der Waals surface area contributed by atoms with Gasteiger partial charge in [-0.2, -0.15) is 0 Å². The quantitative estimate of drug-likeness (QED) is 0.0326. The van der Waals surface area contributed by atoms with Gasteiger partial charge in [0.15, 0.2) is 0 Å². The third-order valence-corrected chi connectivity index (χ3v) is 10.7. The van der Waals surface area contributed by atoms with Crippen LogP contribution in [0, 0.1) is 0 Å². The topological polar surface area (TPSA) is 95.9 Å². The van der Waals surface area contributed by atoms with Gasteiger partial charge >= 0.3 is 5.97 Å². The predicted octanol–water partition coefficient (Wildman–Crippen LogP) is 13.7. The van der Waals surface area contributed by atoms with Crippen LogP contribution in [0.5, 0.6) is 0 Å². The van der Waals surface area contributed by atoms with Crippen LogP contribution in [0.2, 0.25) is 0 Å². The largest absolute Gasteiger partial charge is 0.462 e. The second-order valence-corrected chi connectivity index (χ2v) is 16.2. The van der Waals surface area contributed by atoms with Crippen molar-refractivity contribution in [1.82, 2.24) is 5.32 Å². The Hall–Kier alpha value is -1.92. The molecule has 0 heterocycles. The molecule has 0 aliphatic carbocycles. The maximum Gasteiger partial charge on any atom is 0.306 e. The SMILES string of the molecule is CCCCC/C=C\C/C=C\C/C=C\CCCCCCC(CC(=O)NC(CO)C(O)CCCCCCCCCCC)OC(=O)CCCCCCCCCCCC. The second-order valence-electron chi connectivity index (χ2n) is 16.2. The van der Waals surface area contributed by atoms with Gasteiger partial charge in [0.25, 0.3) is 0 Å². The molecular formula is C49H91NO5. The molecule has 0 aliphatic heterocycles. The molecule has 0 spiro atoms. The molecule has 0 aromatic heterocycles. The number of allylic oxidation sites excluding steroid dienone is 6. The van der Waals surface area contributed by atoms with Crippen molar-refractivity contribution < 1.29 is 24.5 Å². The van der Waals surface area contributed by atoms with E-state index < -0.39 is 18.2 Å². The number of rotatable bonds is 42. The van der Waals surface area contributed by atoms with Crippen molar-refractivity contribution in [2.45, 2.75) is 257 Å². The van der Waals surface area contributed by atoms with Crippen LogP contribution in [0.25, 0.3) is 0 Å². The Balaban J connectivity index is 4.63. The highest BCUT2D eigenvalue weighted by atomic mass is 16.5. The number of hydrogen-bond acceptors (Lipinski definition) is 5. The van der Waals surface area contributed by atoms with E-state index in [1.807, 2.05) is 0 Å². The number of aliphatic hydroxyl groups excluding tert-OH is 2. The van der Waals surface area contributed by atoms with E-state index in [-0.39, 0.29) is 24.9 Å². The van der Waals surface area contributed by atoms with E-state index in [9.17, 15) is 19.8 Å². The van der Waals surface area contributed by atoms with E-state index >= 15 is 0 Å². The zero-order valence-corrected chi connectivity index (χ0v) is 36.6. The molecule has 1 amide bonds. The third kappa shape index (κ3) is 38.7. The summed E-state index contributed by atoms with van der Waals surface area (Å²) < 4.78 is 5.90. The van der Waals surface area contributed by atoms with Crippen LogP contribution >= 0.6 is 0 Å². The Morgan fingerprint density at radius 1 is 0.527 bits per heavy atom. The van der Waals surface area contributed by atoms with Gasteiger partial charge in [-0.3, -0.25) is 9.59 Å². The van der Waals surface area contributed by atoms with Gasteiger partial charge in [-0.05, 0) is 64.2 Å². The summed E-state index contributed by atoms with van der Waals surface area (Å²) in [7, 11) is 0. The molecule has 0 bridgehead atoms. The molecule has 0 saturated heterocycles. The van der Waals surface area contributed by atoms with E-state index in [2.05, 4.69) is 62.5 Å². The molecule has 0 aromatic rings. The van der Waals surface area contributed by atoms with Crippen molar-refractivity contribution in [3.63, 3.8) is 0 Å². The lowest BCUT2D eigenvalue weighted by Crippen LogP contribution is -2.46. The van der Waals surface area contributed by atoms with Crippen molar-refractivity contribution >= 4 is 11.9 Å². The minimum absolute atomic E-state index is 0.0654. The molecule has 0 rings (SSSR count). The summed E-state index contributed by atoms with van der Waals surface area (Å²) in [5.41, 5.74) is 0. The van der Waals surface area contributed by atoms with Crippen molar-refractivity contribution in [2.24, 2.45) is 0 Å². The van der Waals surface area contributed by atoms with Gasteiger partial charge in [0, 0.05) is 6.42 Å². The predicted molar refractivity (Wildman–Crippen MR) is 236 cm³/mol. The fourth-order valence-electron chi connectivity index (χ4n) is 7.08. The molecule has 55 heavy (non-hydrogen) atoms. The molecular weight excluding hydrogens is 683 g/mol. The number of nitrogens with one attached hydrogen (secondary N) is 1. The van der Waals surface area contributed by atoms with E-state index in [1.165, 1.54) is 109 Å². The normalized spacial score (nSPS) is 13.6. The molecule has 322 valence electrons. The third-order valence-electron chi connectivity index (χ3n) is 10.7. The summed E-state index contributed by atoms with van der Waals surface area (Å²) in [4.78, 5) is 26.0. The lowest BCUT2D eigenvalue weighted by atomic mass is 10.0. The maximum atomic E-state index is 13.1. The first kappa shape index (κ1) is 53.1. The van der Waals surface area contributed by atoms with E-state index in [1.54, 1.807) is 0 Å². The van der Waals surface area contributed by atoms with Crippen LogP contribution in [0.4, 0.5) is 0 Å². The standard InChI is InChI=1S/C49H91NO5/c1-4-7-10-13-16-19-21-22-23-24-25-26-27-29-31-34-37-40-45(55-49(54)42-39-36-33-30-20-17-14-11-8-5-2)43-48(53)50-46(44-51)47(52)41-38-35-32-28-18-15-12-9-6-3/h16,19,22-23,25-26,45-47,51-52H,4-15,17-18,20-21,24,27-44H2,1-3H3,(H,50,53)/b19-16-,23-22-,26-25-. The van der Waals surface area contributed by atoms with Crippen molar-refractivity contribution in [3.05, 3.63) is 36.5 Å². The summed E-state index contributed by atoms with van der Waals surface area (Å²) in [6.07, 6.45) is 49.2. The molecule has 0 radical (unpaired) electrons. The van der Waals surface area contributed by atoms with Gasteiger partial charge in [-0.15, -0.1) is 0 Å². The Morgan fingerprint density at radius 2 is 0.927 bits per heavy atom. The molecule has 0 aliphatic rings. The van der Waals surface area contributed by atoms with Gasteiger partial charge in [0.05, 0.1) is 25.2 Å². The minimum atomic E-state index is -0.789. The average Bonchev–Trinajstić information content (AvgIpc) is 3.18. The van der Waals surface area contributed by atoms with Crippen molar-refractivity contribution in [2.75, 3.05) is 6.61 Å². The average molecular weight is 774 g/mol. The van der Waals surface area contributed by atoms with E-state index in [0.29, 0.717) is 19.3 Å². The zero-order valence-electron chi connectivity index (χ0n) is 36.6. The summed E-state index contributed by atoms with van der Waals surface area (Å²) in [5, 5.41) is 23.6. The summed E-state index contributed by atoms with van der Waals surface area (Å²) in [5.74, 6) is -0.493. The number of carbonyl (C=O) groups excluding carboxylic acids is 2. The summed E-state index contributed by atoms with van der Waals surface area (Å²) in [6, 6.07) is -0.703. The lowest BCUT2D eigenvalue weighted by Gasteiger charge is -2.24. The fraction of sp³-hybridized carbons (Fsp3) is 0.837. The highest BCUT2D eigenvalue weighted by Gasteiger charge is 2.24. The first-order valence-corrected chi connectivity index (χ1v) is 23.7. The molecule has 0 aromatic carbocycles. The molecule has 3 unspecified atom stereocenters. The number of carbonyl (C=O) groups is 2. The maximum absolute atomic E-state index is 13.1. The fourth-order valence-corrected chi connectivity index (χ4v) is 7.08.